The zero-order valence-electron chi connectivity index (χ0n) is 35.8. The summed E-state index contributed by atoms with van der Waals surface area (Å²) in [6.07, 6.45) is 17.4. The number of likely N-dealkylation sites (N-methyl/N-ethyl adjacent to an activating group) is 2. The summed E-state index contributed by atoms with van der Waals surface area (Å²) in [7, 11) is 12.6. The van der Waals surface area contributed by atoms with Crippen molar-refractivity contribution in [2.45, 2.75) is 140 Å². The molecule has 11 heteroatoms. The van der Waals surface area contributed by atoms with Gasteiger partial charge in [0.05, 0.1) is 6.04 Å². The van der Waals surface area contributed by atoms with Crippen LogP contribution in [0.5, 0.6) is 0 Å². The van der Waals surface area contributed by atoms with Crippen LogP contribution in [0.3, 0.4) is 0 Å². The van der Waals surface area contributed by atoms with Crippen molar-refractivity contribution >= 4 is 11.9 Å². The average Bonchev–Trinajstić information content (AvgIpc) is 3.15. The Morgan fingerprint density at radius 1 is 0.464 bits per heavy atom. The first-order valence-corrected chi connectivity index (χ1v) is 21.3. The highest BCUT2D eigenvalue weighted by Gasteiger charge is 2.22. The maximum absolute atomic E-state index is 11.4. The SMILES string of the molecule is C.C.C.C.CC1CCN(C(=O)[C@H](C)N)CC1.CN1CCCCC1.CN1CCCCC1.CN1CCCCC1.CN1CCN(C)CC1.CNC(=O)N1CCC(C)CC1. The lowest BCUT2D eigenvalue weighted by Gasteiger charge is -2.31. The van der Waals surface area contributed by atoms with Gasteiger partial charge in [-0.15, -0.1) is 0 Å². The van der Waals surface area contributed by atoms with Gasteiger partial charge in [0.25, 0.3) is 0 Å². The number of hydrogen-bond acceptors (Lipinski definition) is 8. The van der Waals surface area contributed by atoms with Crippen molar-refractivity contribution in [1.82, 2.24) is 39.6 Å². The maximum Gasteiger partial charge on any atom is 0.317 e. The van der Waals surface area contributed by atoms with Crippen LogP contribution >= 0.6 is 0 Å². The third kappa shape index (κ3) is 31.5. The molecule has 6 aliphatic heterocycles. The van der Waals surface area contributed by atoms with Gasteiger partial charge in [0.15, 0.2) is 0 Å². The van der Waals surface area contributed by atoms with E-state index in [-0.39, 0.29) is 47.7 Å². The minimum Gasteiger partial charge on any atom is -0.341 e. The highest BCUT2D eigenvalue weighted by Crippen LogP contribution is 2.17. The van der Waals surface area contributed by atoms with Gasteiger partial charge in [0, 0.05) is 59.4 Å². The molecule has 0 radical (unpaired) electrons. The number of likely N-dealkylation sites (tertiary alicyclic amines) is 5. The summed E-state index contributed by atoms with van der Waals surface area (Å²) in [4.78, 5) is 38.1. The Kier molecular flexibility index (Phi) is 41.2. The topological polar surface area (TPSA) is 94.9 Å². The summed E-state index contributed by atoms with van der Waals surface area (Å²) in [6.45, 7) is 22.7. The molecule has 6 rings (SSSR count). The third-order valence-electron chi connectivity index (χ3n) is 11.2. The van der Waals surface area contributed by atoms with E-state index in [0.29, 0.717) is 0 Å². The van der Waals surface area contributed by atoms with Crippen LogP contribution in [0.4, 0.5) is 4.79 Å². The van der Waals surface area contributed by atoms with Crippen LogP contribution < -0.4 is 11.1 Å². The Morgan fingerprint density at radius 3 is 0.929 bits per heavy atom. The van der Waals surface area contributed by atoms with E-state index in [0.717, 1.165) is 63.7 Å². The predicted octanol–water partition coefficient (Wildman–Crippen LogP) is 7.36. The molecule has 0 aromatic rings. The molecule has 3 N–H and O–H groups in total. The fraction of sp³-hybridized carbons (Fsp3) is 0.956. The molecule has 0 aromatic carbocycles. The van der Waals surface area contributed by atoms with Crippen molar-refractivity contribution in [2.75, 3.05) is 134 Å². The summed E-state index contributed by atoms with van der Waals surface area (Å²) < 4.78 is 0. The number of amides is 3. The van der Waals surface area contributed by atoms with Gasteiger partial charge in [-0.3, -0.25) is 4.79 Å². The van der Waals surface area contributed by atoms with E-state index in [9.17, 15) is 9.59 Å². The Morgan fingerprint density at radius 2 is 0.714 bits per heavy atom. The number of hydrogen-bond donors (Lipinski definition) is 2. The normalized spacial score (nSPS) is 22.0. The smallest absolute Gasteiger partial charge is 0.317 e. The molecule has 11 nitrogen and oxygen atoms in total. The second-order valence-corrected chi connectivity index (χ2v) is 16.7. The molecular weight excluding hydrogens is 699 g/mol. The van der Waals surface area contributed by atoms with Crippen LogP contribution in [0.2, 0.25) is 0 Å². The lowest BCUT2D eigenvalue weighted by atomic mass is 9.99. The molecule has 0 saturated carbocycles. The minimum atomic E-state index is -0.335. The standard InChI is InChI=1S/C9H18N2O.C8H16N2O.C6H14N2.3C6H13N.4CH4/c1-7-3-5-11(6-4-7)9(12)8(2)10;1-7-3-5-10(6-4-7)8(11)9-2;1-7-3-5-8(2)6-4-7;3*1-7-5-3-2-4-6-7;;;;/h7-8H,3-6,10H2,1-2H3;7H,3-6H2,1-2H3,(H,9,11);3-6H2,1-2H3;3*2-6H2,1H3;4*1H4/t8-;;;;;;;;;/m0........./s1. The molecule has 0 bridgehead atoms. The number of carbonyl (C=O) groups is 2. The molecule has 6 heterocycles. The molecule has 340 valence electrons. The molecule has 6 fully saturated rings. The lowest BCUT2D eigenvalue weighted by Crippen LogP contribution is -2.45. The number of nitrogens with zero attached hydrogens (tertiary/aromatic N) is 7. The minimum absolute atomic E-state index is 0. The zero-order valence-corrected chi connectivity index (χ0v) is 35.8. The molecular formula is C45H103N9O2. The Labute approximate surface area is 351 Å². The molecule has 56 heavy (non-hydrogen) atoms. The van der Waals surface area contributed by atoms with Crippen LogP contribution in [0.25, 0.3) is 0 Å². The van der Waals surface area contributed by atoms with E-state index < -0.39 is 0 Å². The molecule has 6 aliphatic rings. The first kappa shape index (κ1) is 61.2. The fourth-order valence-corrected chi connectivity index (χ4v) is 6.95. The van der Waals surface area contributed by atoms with Gasteiger partial charge in [0.1, 0.15) is 0 Å². The van der Waals surface area contributed by atoms with Crippen molar-refractivity contribution in [3.05, 3.63) is 0 Å². The van der Waals surface area contributed by atoms with Gasteiger partial charge in [0.2, 0.25) is 5.91 Å². The molecule has 3 amide bonds. The molecule has 6 saturated heterocycles. The van der Waals surface area contributed by atoms with Crippen molar-refractivity contribution in [2.24, 2.45) is 17.6 Å². The largest absolute Gasteiger partial charge is 0.341 e. The van der Waals surface area contributed by atoms with Gasteiger partial charge in [-0.05, 0) is 157 Å². The lowest BCUT2D eigenvalue weighted by molar-refractivity contribution is -0.133. The zero-order chi connectivity index (χ0) is 38.7. The van der Waals surface area contributed by atoms with Crippen LogP contribution in [0.15, 0.2) is 0 Å². The Bertz CT molecular complexity index is 806. The monoisotopic (exact) mass is 802 g/mol. The quantitative estimate of drug-likeness (QED) is 0.284. The summed E-state index contributed by atoms with van der Waals surface area (Å²) in [5.41, 5.74) is 5.51. The number of nitrogens with two attached hydrogens (primary N) is 1. The highest BCUT2D eigenvalue weighted by molar-refractivity contribution is 5.81. The number of piperidine rings is 5. The Balaban J connectivity index is -0.000000289. The number of piperazine rings is 1. The van der Waals surface area contributed by atoms with Crippen molar-refractivity contribution in [1.29, 1.82) is 0 Å². The average molecular weight is 802 g/mol. The van der Waals surface area contributed by atoms with Crippen LogP contribution in [-0.2, 0) is 4.79 Å². The van der Waals surface area contributed by atoms with E-state index in [1.807, 2.05) is 9.80 Å². The van der Waals surface area contributed by atoms with Gasteiger partial charge in [-0.2, -0.15) is 0 Å². The summed E-state index contributed by atoms with van der Waals surface area (Å²) >= 11 is 0. The highest BCUT2D eigenvalue weighted by atomic mass is 16.2. The predicted molar refractivity (Wildman–Crippen MR) is 249 cm³/mol. The maximum atomic E-state index is 11.4. The second kappa shape index (κ2) is 37.7. The molecule has 0 aromatic heterocycles. The number of nitrogens with one attached hydrogen (secondary N) is 1. The van der Waals surface area contributed by atoms with Gasteiger partial charge < -0.3 is 45.3 Å². The molecule has 0 spiro atoms. The van der Waals surface area contributed by atoms with Gasteiger partial charge >= 0.3 is 6.03 Å². The molecule has 0 aliphatic carbocycles. The Hall–Kier alpha value is -1.50. The molecule has 1 atom stereocenters. The van der Waals surface area contributed by atoms with Gasteiger partial charge in [-0.1, -0.05) is 62.8 Å². The molecule has 0 unspecified atom stereocenters. The number of urea groups is 1. The number of carbonyl (C=O) groups excluding carboxylic acids is 2. The van der Waals surface area contributed by atoms with E-state index in [4.69, 9.17) is 5.73 Å². The van der Waals surface area contributed by atoms with E-state index >= 15 is 0 Å². The van der Waals surface area contributed by atoms with Crippen molar-refractivity contribution < 1.29 is 9.59 Å². The first-order chi connectivity index (χ1) is 24.8. The summed E-state index contributed by atoms with van der Waals surface area (Å²) in [6, 6.07) is -0.268. The van der Waals surface area contributed by atoms with Crippen molar-refractivity contribution in [3.63, 3.8) is 0 Å². The van der Waals surface area contributed by atoms with E-state index in [1.54, 1.807) is 14.0 Å². The van der Waals surface area contributed by atoms with E-state index in [2.05, 4.69) is 78.9 Å². The number of rotatable bonds is 1. The first-order valence-electron chi connectivity index (χ1n) is 21.3. The second-order valence-electron chi connectivity index (χ2n) is 16.7. The van der Waals surface area contributed by atoms with Crippen molar-refractivity contribution in [3.8, 4) is 0 Å². The summed E-state index contributed by atoms with van der Waals surface area (Å²) in [5, 5.41) is 2.64. The fourth-order valence-electron chi connectivity index (χ4n) is 6.95. The van der Waals surface area contributed by atoms with Crippen LogP contribution in [0, 0.1) is 11.8 Å². The van der Waals surface area contributed by atoms with Gasteiger partial charge in [-0.25, -0.2) is 4.79 Å². The van der Waals surface area contributed by atoms with Crippen LogP contribution in [-0.4, -0.2) is 186 Å². The summed E-state index contributed by atoms with van der Waals surface area (Å²) in [5.74, 6) is 1.65. The third-order valence-corrected chi connectivity index (χ3v) is 11.2. The van der Waals surface area contributed by atoms with Crippen LogP contribution in [0.1, 0.15) is 134 Å². The van der Waals surface area contributed by atoms with E-state index in [1.165, 1.54) is 123 Å².